The van der Waals surface area contributed by atoms with Crippen molar-refractivity contribution in [3.05, 3.63) is 24.0 Å². The first-order valence-electron chi connectivity index (χ1n) is 5.32. The molecule has 1 aromatic rings. The highest BCUT2D eigenvalue weighted by atomic mass is 32.2. The molecule has 0 fully saturated rings. The molecule has 0 saturated heterocycles. The molecule has 0 aliphatic heterocycles. The number of pyridine rings is 1. The van der Waals surface area contributed by atoms with Crippen LogP contribution in [0.25, 0.3) is 0 Å². The Hall–Kier alpha value is -1.02. The van der Waals surface area contributed by atoms with Crippen molar-refractivity contribution in [3.8, 4) is 0 Å². The van der Waals surface area contributed by atoms with Crippen LogP contribution in [-0.4, -0.2) is 42.5 Å². The zero-order valence-corrected chi connectivity index (χ0v) is 10.5. The van der Waals surface area contributed by atoms with Crippen LogP contribution in [0.5, 0.6) is 0 Å². The van der Waals surface area contributed by atoms with E-state index in [9.17, 15) is 8.42 Å². The lowest BCUT2D eigenvalue weighted by atomic mass is 10.3. The number of likely N-dealkylation sites (N-methyl/N-ethyl adjacent to an activating group) is 1. The van der Waals surface area contributed by atoms with Crippen molar-refractivity contribution in [1.29, 1.82) is 0 Å². The van der Waals surface area contributed by atoms with Gasteiger partial charge in [-0.25, -0.2) is 8.42 Å². The first-order chi connectivity index (χ1) is 8.07. The zero-order valence-electron chi connectivity index (χ0n) is 9.70. The van der Waals surface area contributed by atoms with Crippen molar-refractivity contribution in [3.63, 3.8) is 0 Å². The van der Waals surface area contributed by atoms with E-state index in [0.29, 0.717) is 12.2 Å². The van der Waals surface area contributed by atoms with E-state index in [4.69, 9.17) is 10.8 Å². The van der Waals surface area contributed by atoms with Crippen LogP contribution in [0.3, 0.4) is 0 Å². The zero-order chi connectivity index (χ0) is 12.9. The van der Waals surface area contributed by atoms with Crippen LogP contribution in [0.15, 0.2) is 23.2 Å². The maximum absolute atomic E-state index is 12.3. The number of aliphatic hydroxyl groups is 1. The number of sulfonamides is 1. The molecule has 3 N–H and O–H groups in total. The lowest BCUT2D eigenvalue weighted by Gasteiger charge is -2.20. The molecular formula is C10H17N3O3S. The molecule has 0 unspecified atom stereocenters. The quantitative estimate of drug-likeness (QED) is 0.721. The molecule has 0 saturated carbocycles. The van der Waals surface area contributed by atoms with Gasteiger partial charge in [0.1, 0.15) is 4.90 Å². The molecule has 7 heteroatoms. The summed E-state index contributed by atoms with van der Waals surface area (Å²) in [6.45, 7) is 1.92. The van der Waals surface area contributed by atoms with Gasteiger partial charge >= 0.3 is 0 Å². The van der Waals surface area contributed by atoms with Crippen LogP contribution >= 0.6 is 0 Å². The van der Waals surface area contributed by atoms with Crippen LogP contribution in [0, 0.1) is 0 Å². The van der Waals surface area contributed by atoms with E-state index in [2.05, 4.69) is 4.98 Å². The third kappa shape index (κ3) is 3.01. The van der Waals surface area contributed by atoms with Crippen molar-refractivity contribution in [1.82, 2.24) is 9.29 Å². The average Bonchev–Trinajstić information content (AvgIpc) is 2.35. The molecule has 0 radical (unpaired) electrons. The van der Waals surface area contributed by atoms with Crippen LogP contribution in [0.2, 0.25) is 0 Å². The number of hydrogen-bond acceptors (Lipinski definition) is 5. The van der Waals surface area contributed by atoms with Gasteiger partial charge in [-0.15, -0.1) is 0 Å². The Morgan fingerprint density at radius 3 is 2.76 bits per heavy atom. The van der Waals surface area contributed by atoms with Crippen LogP contribution in [0.4, 0.5) is 0 Å². The largest absolute Gasteiger partial charge is 0.395 e. The SMILES string of the molecule is CCN(CCO)S(=O)(=O)c1cccnc1CN. The van der Waals surface area contributed by atoms with Crippen molar-refractivity contribution < 1.29 is 13.5 Å². The Balaban J connectivity index is 3.20. The first-order valence-corrected chi connectivity index (χ1v) is 6.76. The number of aromatic nitrogens is 1. The summed E-state index contributed by atoms with van der Waals surface area (Å²) in [4.78, 5) is 4.06. The molecule has 1 heterocycles. The lowest BCUT2D eigenvalue weighted by Crippen LogP contribution is -2.34. The molecule has 1 rings (SSSR count). The molecule has 0 aliphatic carbocycles. The van der Waals surface area contributed by atoms with Crippen LogP contribution in [0.1, 0.15) is 12.6 Å². The van der Waals surface area contributed by atoms with E-state index in [1.165, 1.54) is 16.6 Å². The number of nitrogens with two attached hydrogens (primary N) is 1. The fourth-order valence-corrected chi connectivity index (χ4v) is 3.13. The Kier molecular flexibility index (Phi) is 5.01. The van der Waals surface area contributed by atoms with Gasteiger partial charge in [-0.1, -0.05) is 6.92 Å². The van der Waals surface area contributed by atoms with Gasteiger partial charge in [-0.05, 0) is 12.1 Å². The number of nitrogens with zero attached hydrogens (tertiary/aromatic N) is 2. The van der Waals surface area contributed by atoms with Gasteiger partial charge in [0, 0.05) is 25.8 Å². The summed E-state index contributed by atoms with van der Waals surface area (Å²) in [6, 6.07) is 3.03. The molecule has 0 atom stereocenters. The van der Waals surface area contributed by atoms with Gasteiger partial charge in [0.15, 0.2) is 0 Å². The summed E-state index contributed by atoms with van der Waals surface area (Å²) in [5.74, 6) is 0. The van der Waals surface area contributed by atoms with E-state index in [1.54, 1.807) is 13.0 Å². The molecule has 0 aromatic carbocycles. The summed E-state index contributed by atoms with van der Waals surface area (Å²) in [6.07, 6.45) is 1.50. The molecule has 0 bridgehead atoms. The maximum atomic E-state index is 12.3. The molecule has 6 nitrogen and oxygen atoms in total. The van der Waals surface area contributed by atoms with Gasteiger partial charge in [0.2, 0.25) is 10.0 Å². The normalized spacial score (nSPS) is 12.0. The van der Waals surface area contributed by atoms with E-state index in [-0.39, 0.29) is 24.6 Å². The van der Waals surface area contributed by atoms with Gasteiger partial charge in [0.05, 0.1) is 12.3 Å². The summed E-state index contributed by atoms with van der Waals surface area (Å²) in [5, 5.41) is 8.86. The molecule has 17 heavy (non-hydrogen) atoms. The lowest BCUT2D eigenvalue weighted by molar-refractivity contribution is 0.257. The molecule has 0 amide bonds. The second-order valence-electron chi connectivity index (χ2n) is 3.37. The number of hydrogen-bond donors (Lipinski definition) is 2. The van der Waals surface area contributed by atoms with Gasteiger partial charge in [-0.3, -0.25) is 4.98 Å². The maximum Gasteiger partial charge on any atom is 0.245 e. The smallest absolute Gasteiger partial charge is 0.245 e. The standard InChI is InChI=1S/C10H17N3O3S/c1-2-13(6-7-14)17(15,16)10-4-3-5-12-9(10)8-11/h3-5,14H,2,6-8,11H2,1H3. The highest BCUT2D eigenvalue weighted by Crippen LogP contribution is 2.17. The fraction of sp³-hybridized carbons (Fsp3) is 0.500. The van der Waals surface area contributed by atoms with Gasteiger partial charge in [0.25, 0.3) is 0 Å². The predicted molar refractivity (Wildman–Crippen MR) is 63.6 cm³/mol. The molecular weight excluding hydrogens is 242 g/mol. The van der Waals surface area contributed by atoms with Crippen LogP contribution in [-0.2, 0) is 16.6 Å². The Morgan fingerprint density at radius 2 is 2.24 bits per heavy atom. The summed E-state index contributed by atoms with van der Waals surface area (Å²) >= 11 is 0. The fourth-order valence-electron chi connectivity index (χ4n) is 1.51. The third-order valence-electron chi connectivity index (χ3n) is 2.36. The summed E-state index contributed by atoms with van der Waals surface area (Å²) in [7, 11) is -3.63. The van der Waals surface area contributed by atoms with E-state index < -0.39 is 10.0 Å². The van der Waals surface area contributed by atoms with Crippen molar-refractivity contribution in [2.45, 2.75) is 18.4 Å². The summed E-state index contributed by atoms with van der Waals surface area (Å²) in [5.41, 5.74) is 5.80. The Bertz CT molecular complexity index is 462. The van der Waals surface area contributed by atoms with Crippen molar-refractivity contribution in [2.75, 3.05) is 19.7 Å². The Labute approximate surface area is 101 Å². The Morgan fingerprint density at radius 1 is 1.53 bits per heavy atom. The third-order valence-corrected chi connectivity index (χ3v) is 4.41. The highest BCUT2D eigenvalue weighted by Gasteiger charge is 2.25. The highest BCUT2D eigenvalue weighted by molar-refractivity contribution is 7.89. The minimum Gasteiger partial charge on any atom is -0.395 e. The summed E-state index contributed by atoms with van der Waals surface area (Å²) < 4.78 is 25.7. The second kappa shape index (κ2) is 6.06. The monoisotopic (exact) mass is 259 g/mol. The van der Waals surface area contributed by atoms with Gasteiger partial charge in [-0.2, -0.15) is 4.31 Å². The van der Waals surface area contributed by atoms with E-state index in [1.807, 2.05) is 0 Å². The minimum atomic E-state index is -3.63. The molecule has 0 spiro atoms. The van der Waals surface area contributed by atoms with Crippen molar-refractivity contribution in [2.24, 2.45) is 5.73 Å². The topological polar surface area (TPSA) is 96.5 Å². The molecule has 0 aliphatic rings. The van der Waals surface area contributed by atoms with Gasteiger partial charge < -0.3 is 10.8 Å². The first kappa shape index (κ1) is 14.0. The average molecular weight is 259 g/mol. The number of rotatable bonds is 6. The van der Waals surface area contributed by atoms with Crippen LogP contribution < -0.4 is 5.73 Å². The predicted octanol–water partition coefficient (Wildman–Crippen LogP) is -0.457. The van der Waals surface area contributed by atoms with E-state index >= 15 is 0 Å². The molecule has 1 aromatic heterocycles. The molecule has 96 valence electrons. The van der Waals surface area contributed by atoms with Crippen molar-refractivity contribution >= 4 is 10.0 Å². The number of aliphatic hydroxyl groups excluding tert-OH is 1. The van der Waals surface area contributed by atoms with E-state index in [0.717, 1.165) is 0 Å². The second-order valence-corrected chi connectivity index (χ2v) is 5.28. The minimum absolute atomic E-state index is 0.0616.